The fourth-order valence-electron chi connectivity index (χ4n) is 8.62. The quantitative estimate of drug-likeness (QED) is 0.179. The molecule has 0 amide bonds. The highest BCUT2D eigenvalue weighted by atomic mass is 32.1. The molecule has 1 aliphatic rings. The molecule has 4 heteroatoms. The minimum atomic E-state index is -0.525. The molecule has 2 aromatic heterocycles. The zero-order chi connectivity index (χ0) is 35.6. The maximum absolute atomic E-state index is 5.17. The van der Waals surface area contributed by atoms with E-state index in [1.807, 2.05) is 47.7 Å². The van der Waals surface area contributed by atoms with Crippen molar-refractivity contribution in [2.24, 2.45) is 0 Å². The Bertz CT molecular complexity index is 2950. The van der Waals surface area contributed by atoms with Crippen LogP contribution in [0.2, 0.25) is 0 Å². The molecule has 0 N–H and O–H groups in total. The maximum atomic E-state index is 5.17. The van der Waals surface area contributed by atoms with E-state index >= 15 is 0 Å². The molecule has 0 saturated heterocycles. The molecule has 0 radical (unpaired) electrons. The van der Waals surface area contributed by atoms with E-state index in [9.17, 15) is 0 Å². The summed E-state index contributed by atoms with van der Waals surface area (Å²) in [5.74, 6) is 1.98. The van der Waals surface area contributed by atoms with Crippen LogP contribution in [0, 0.1) is 0 Å². The van der Waals surface area contributed by atoms with Gasteiger partial charge in [-0.15, -0.1) is 11.3 Å². The van der Waals surface area contributed by atoms with Gasteiger partial charge < -0.3 is 0 Å². The molecule has 2 heterocycles. The van der Waals surface area contributed by atoms with Gasteiger partial charge in [-0.25, -0.2) is 15.0 Å². The number of benzene rings is 8. The van der Waals surface area contributed by atoms with Gasteiger partial charge in [0.2, 0.25) is 0 Å². The van der Waals surface area contributed by atoms with Crippen molar-refractivity contribution in [1.29, 1.82) is 0 Å². The summed E-state index contributed by atoms with van der Waals surface area (Å²) in [5, 5.41) is 4.84. The minimum absolute atomic E-state index is 0.525. The Balaban J connectivity index is 1.20. The van der Waals surface area contributed by atoms with Gasteiger partial charge in [-0.3, -0.25) is 0 Å². The fraction of sp³-hybridized carbons (Fsp3) is 0.0200. The summed E-state index contributed by atoms with van der Waals surface area (Å²) in [6, 6.07) is 67.6. The van der Waals surface area contributed by atoms with Gasteiger partial charge in [0.1, 0.15) is 0 Å². The molecule has 3 nitrogen and oxygen atoms in total. The fourth-order valence-corrected chi connectivity index (χ4v) is 9.73. The number of fused-ring (bicyclic) bond motifs is 7. The Morgan fingerprint density at radius 3 is 1.59 bits per heavy atom. The smallest absolute Gasteiger partial charge is 0.164 e. The first kappa shape index (κ1) is 30.8. The van der Waals surface area contributed by atoms with Gasteiger partial charge in [0.25, 0.3) is 0 Å². The first-order valence-corrected chi connectivity index (χ1v) is 19.1. The van der Waals surface area contributed by atoms with Gasteiger partial charge in [-0.2, -0.15) is 0 Å². The number of hydrogen-bond acceptors (Lipinski definition) is 4. The van der Waals surface area contributed by atoms with E-state index in [4.69, 9.17) is 15.0 Å². The van der Waals surface area contributed by atoms with Crippen LogP contribution in [-0.4, -0.2) is 15.0 Å². The summed E-state index contributed by atoms with van der Waals surface area (Å²) in [6.07, 6.45) is 0. The SMILES string of the molecule is c1ccc(-c2nc(-c3ccccc3)nc(-c3cccc4sc5ccc(C6(c7ccc8ccccc8c7)c7ccccc7-c7ccccc76)cc5c34)n2)cc1. The third kappa shape index (κ3) is 4.64. The van der Waals surface area contributed by atoms with Crippen LogP contribution in [0.4, 0.5) is 0 Å². The number of aromatic nitrogens is 3. The van der Waals surface area contributed by atoms with Gasteiger partial charge in [0.05, 0.1) is 5.41 Å². The van der Waals surface area contributed by atoms with Crippen LogP contribution in [0.3, 0.4) is 0 Å². The van der Waals surface area contributed by atoms with Crippen molar-refractivity contribution in [3.63, 3.8) is 0 Å². The van der Waals surface area contributed by atoms with Gasteiger partial charge in [0, 0.05) is 36.9 Å². The molecule has 0 unspecified atom stereocenters. The number of nitrogens with zero attached hydrogens (tertiary/aromatic N) is 3. The molecule has 0 aliphatic heterocycles. The summed E-state index contributed by atoms with van der Waals surface area (Å²) >= 11 is 1.82. The predicted octanol–water partition coefficient (Wildman–Crippen LogP) is 12.8. The molecule has 0 atom stereocenters. The molecular formula is C50H31N3S. The first-order valence-electron chi connectivity index (χ1n) is 18.3. The molecule has 54 heavy (non-hydrogen) atoms. The molecule has 1 aliphatic carbocycles. The summed E-state index contributed by atoms with van der Waals surface area (Å²) in [6.45, 7) is 0. The normalized spacial score (nSPS) is 13.0. The number of thiophene rings is 1. The van der Waals surface area contributed by atoms with E-state index in [-0.39, 0.29) is 0 Å². The van der Waals surface area contributed by atoms with E-state index in [1.54, 1.807) is 0 Å². The summed E-state index contributed by atoms with van der Waals surface area (Å²) in [4.78, 5) is 15.3. The topological polar surface area (TPSA) is 38.7 Å². The molecule has 252 valence electrons. The molecule has 0 bridgehead atoms. The van der Waals surface area contributed by atoms with Crippen molar-refractivity contribution in [3.8, 4) is 45.3 Å². The molecule has 10 aromatic rings. The van der Waals surface area contributed by atoms with Gasteiger partial charge >= 0.3 is 0 Å². The molecule has 0 saturated carbocycles. The highest BCUT2D eigenvalue weighted by Gasteiger charge is 2.46. The van der Waals surface area contributed by atoms with E-state index in [2.05, 4.69) is 152 Å². The zero-order valence-electron chi connectivity index (χ0n) is 29.1. The van der Waals surface area contributed by atoms with Crippen LogP contribution in [-0.2, 0) is 5.41 Å². The lowest BCUT2D eigenvalue weighted by Crippen LogP contribution is -2.28. The van der Waals surface area contributed by atoms with Crippen molar-refractivity contribution in [1.82, 2.24) is 15.0 Å². The van der Waals surface area contributed by atoms with E-state index in [0.717, 1.165) is 22.1 Å². The average molecular weight is 706 g/mol. The maximum Gasteiger partial charge on any atom is 0.164 e. The predicted molar refractivity (Wildman–Crippen MR) is 224 cm³/mol. The summed E-state index contributed by atoms with van der Waals surface area (Å²) in [7, 11) is 0. The second-order valence-electron chi connectivity index (χ2n) is 13.9. The largest absolute Gasteiger partial charge is 0.208 e. The second kappa shape index (κ2) is 12.2. The van der Waals surface area contributed by atoms with Crippen molar-refractivity contribution < 1.29 is 0 Å². The highest BCUT2D eigenvalue weighted by molar-refractivity contribution is 7.25. The van der Waals surface area contributed by atoms with Crippen molar-refractivity contribution in [3.05, 3.63) is 210 Å². The Labute approximate surface area is 316 Å². The Morgan fingerprint density at radius 2 is 0.907 bits per heavy atom. The summed E-state index contributed by atoms with van der Waals surface area (Å²) in [5.41, 5.74) is 10.1. The van der Waals surface area contributed by atoms with Crippen LogP contribution in [0.5, 0.6) is 0 Å². The van der Waals surface area contributed by atoms with Crippen LogP contribution in [0.25, 0.3) is 76.2 Å². The third-order valence-electron chi connectivity index (χ3n) is 11.0. The van der Waals surface area contributed by atoms with Crippen molar-refractivity contribution in [2.45, 2.75) is 5.41 Å². The van der Waals surface area contributed by atoms with Crippen molar-refractivity contribution in [2.75, 3.05) is 0 Å². The average Bonchev–Trinajstić information content (AvgIpc) is 3.78. The molecule has 0 fully saturated rings. The zero-order valence-corrected chi connectivity index (χ0v) is 30.0. The van der Waals surface area contributed by atoms with Crippen LogP contribution in [0.1, 0.15) is 22.3 Å². The number of hydrogen-bond donors (Lipinski definition) is 0. The molecular weight excluding hydrogens is 675 g/mol. The van der Waals surface area contributed by atoms with Gasteiger partial charge in [-0.05, 0) is 68.4 Å². The minimum Gasteiger partial charge on any atom is -0.208 e. The number of rotatable bonds is 5. The highest BCUT2D eigenvalue weighted by Crippen LogP contribution is 2.57. The van der Waals surface area contributed by atoms with Crippen LogP contribution >= 0.6 is 11.3 Å². The van der Waals surface area contributed by atoms with E-state index < -0.39 is 5.41 Å². The monoisotopic (exact) mass is 705 g/mol. The third-order valence-corrected chi connectivity index (χ3v) is 12.1. The Morgan fingerprint density at radius 1 is 0.370 bits per heavy atom. The lowest BCUT2D eigenvalue weighted by molar-refractivity contribution is 0.771. The van der Waals surface area contributed by atoms with E-state index in [1.165, 1.54) is 58.9 Å². The first-order chi connectivity index (χ1) is 26.8. The van der Waals surface area contributed by atoms with Gasteiger partial charge in [-0.1, -0.05) is 164 Å². The lowest BCUT2D eigenvalue weighted by atomic mass is 9.67. The molecule has 0 spiro atoms. The molecule has 11 rings (SSSR count). The molecule has 8 aromatic carbocycles. The second-order valence-corrected chi connectivity index (χ2v) is 15.0. The van der Waals surface area contributed by atoms with Crippen LogP contribution < -0.4 is 0 Å². The van der Waals surface area contributed by atoms with Gasteiger partial charge in [0.15, 0.2) is 17.5 Å². The standard InChI is InChI=1S/C50H31N3S/c1-3-15-33(16-4-1)47-51-48(34-17-5-2-6-18-34)53-49(52-47)40-22-13-25-45-46(40)41-31-37(28-29-44(41)54-45)50(36-27-26-32-14-7-8-19-35(32)30-36)42-23-11-9-20-38(42)39-21-10-12-24-43(39)50/h1-31H. The lowest BCUT2D eigenvalue weighted by Gasteiger charge is -2.34. The summed E-state index contributed by atoms with van der Waals surface area (Å²) < 4.78 is 2.43. The Kier molecular flexibility index (Phi) is 6.94. The van der Waals surface area contributed by atoms with Crippen molar-refractivity contribution >= 4 is 42.3 Å². The Hall–Kier alpha value is -6.75. The van der Waals surface area contributed by atoms with E-state index in [0.29, 0.717) is 17.5 Å². The van der Waals surface area contributed by atoms with Crippen LogP contribution in [0.15, 0.2) is 188 Å².